The van der Waals surface area contributed by atoms with E-state index in [1.165, 1.54) is 12.8 Å². The molecule has 1 aliphatic rings. The lowest BCUT2D eigenvalue weighted by atomic mass is 10.1. The zero-order valence-corrected chi connectivity index (χ0v) is 17.5. The van der Waals surface area contributed by atoms with Crippen LogP contribution in [0.1, 0.15) is 58.3 Å². The van der Waals surface area contributed by atoms with Crippen LogP contribution < -0.4 is 15.4 Å². The fourth-order valence-electron chi connectivity index (χ4n) is 3.10. The number of ether oxygens (including phenoxy) is 1. The summed E-state index contributed by atoms with van der Waals surface area (Å²) in [7, 11) is 1.57. The van der Waals surface area contributed by atoms with Gasteiger partial charge in [0.25, 0.3) is 0 Å². The molecule has 7 nitrogen and oxygen atoms in total. The maximum atomic E-state index is 12.5. The summed E-state index contributed by atoms with van der Waals surface area (Å²) in [5, 5.41) is 5.32. The molecule has 1 fully saturated rings. The van der Waals surface area contributed by atoms with E-state index in [0.29, 0.717) is 17.9 Å². The van der Waals surface area contributed by atoms with Crippen LogP contribution in [0.2, 0.25) is 0 Å². The predicted octanol–water partition coefficient (Wildman–Crippen LogP) is 3.10. The molecule has 0 radical (unpaired) electrons. The first-order valence-electron chi connectivity index (χ1n) is 10.5. The highest BCUT2D eigenvalue weighted by atomic mass is 16.5. The van der Waals surface area contributed by atoms with Gasteiger partial charge in [0.2, 0.25) is 17.7 Å². The monoisotopic (exact) mass is 403 g/mol. The van der Waals surface area contributed by atoms with Gasteiger partial charge in [-0.25, -0.2) is 0 Å². The van der Waals surface area contributed by atoms with E-state index in [-0.39, 0.29) is 36.9 Å². The average molecular weight is 404 g/mol. The van der Waals surface area contributed by atoms with E-state index < -0.39 is 0 Å². The van der Waals surface area contributed by atoms with Crippen molar-refractivity contribution in [3.8, 4) is 5.75 Å². The third-order valence-corrected chi connectivity index (χ3v) is 4.94. The van der Waals surface area contributed by atoms with Crippen molar-refractivity contribution in [3.05, 3.63) is 24.3 Å². The fraction of sp³-hybridized carbons (Fsp3) is 0.591. The highest BCUT2D eigenvalue weighted by Gasteiger charge is 2.33. The van der Waals surface area contributed by atoms with Gasteiger partial charge >= 0.3 is 0 Å². The van der Waals surface area contributed by atoms with Crippen molar-refractivity contribution in [2.75, 3.05) is 25.5 Å². The molecule has 2 N–H and O–H groups in total. The van der Waals surface area contributed by atoms with Crippen molar-refractivity contribution in [1.82, 2.24) is 10.2 Å². The lowest BCUT2D eigenvalue weighted by molar-refractivity contribution is -0.136. The van der Waals surface area contributed by atoms with Gasteiger partial charge in [-0.3, -0.25) is 14.4 Å². The highest BCUT2D eigenvalue weighted by Crippen LogP contribution is 2.27. The van der Waals surface area contributed by atoms with Crippen LogP contribution in [0.3, 0.4) is 0 Å². The SMILES string of the molecule is CCCCCCCC(=O)N(CC(=O)NCC(=O)Nc1ccc(OC)cc1)C1CC1. The van der Waals surface area contributed by atoms with Crippen molar-refractivity contribution >= 4 is 23.4 Å². The second kappa shape index (κ2) is 12.1. The summed E-state index contributed by atoms with van der Waals surface area (Å²) in [6.07, 6.45) is 7.84. The number of carbonyl (C=O) groups is 3. The minimum Gasteiger partial charge on any atom is -0.497 e. The van der Waals surface area contributed by atoms with Gasteiger partial charge in [-0.1, -0.05) is 32.6 Å². The molecular weight excluding hydrogens is 370 g/mol. The summed E-state index contributed by atoms with van der Waals surface area (Å²) >= 11 is 0. The molecule has 1 aromatic carbocycles. The van der Waals surface area contributed by atoms with Gasteiger partial charge in [0.15, 0.2) is 0 Å². The van der Waals surface area contributed by atoms with E-state index >= 15 is 0 Å². The van der Waals surface area contributed by atoms with Crippen molar-refractivity contribution in [2.45, 2.75) is 64.3 Å². The van der Waals surface area contributed by atoms with E-state index in [9.17, 15) is 14.4 Å². The number of rotatable bonds is 13. The quantitative estimate of drug-likeness (QED) is 0.496. The van der Waals surface area contributed by atoms with Crippen molar-refractivity contribution in [3.63, 3.8) is 0 Å². The van der Waals surface area contributed by atoms with Crippen LogP contribution >= 0.6 is 0 Å². The first kappa shape index (κ1) is 22.7. The molecule has 7 heteroatoms. The Hall–Kier alpha value is -2.57. The van der Waals surface area contributed by atoms with Crippen LogP contribution in [-0.2, 0) is 14.4 Å². The Morgan fingerprint density at radius 2 is 1.72 bits per heavy atom. The van der Waals surface area contributed by atoms with Gasteiger partial charge in [-0.05, 0) is 43.5 Å². The largest absolute Gasteiger partial charge is 0.497 e. The molecule has 0 bridgehead atoms. The Labute approximate surface area is 173 Å². The Bertz CT molecular complexity index is 671. The number of carbonyl (C=O) groups excluding carboxylic acids is 3. The Morgan fingerprint density at radius 3 is 2.34 bits per heavy atom. The zero-order chi connectivity index (χ0) is 21.1. The molecular formula is C22H33N3O4. The molecule has 0 aromatic heterocycles. The summed E-state index contributed by atoms with van der Waals surface area (Å²) in [4.78, 5) is 38.4. The lowest BCUT2D eigenvalue weighted by Crippen LogP contribution is -2.43. The Balaban J connectivity index is 1.70. The van der Waals surface area contributed by atoms with Crippen LogP contribution in [0.15, 0.2) is 24.3 Å². The summed E-state index contributed by atoms with van der Waals surface area (Å²) in [5.74, 6) is 0.123. The zero-order valence-electron chi connectivity index (χ0n) is 17.5. The number of nitrogens with zero attached hydrogens (tertiary/aromatic N) is 1. The standard InChI is InChI=1S/C22H33N3O4/c1-3-4-5-6-7-8-22(28)25(18-11-12-18)16-21(27)23-15-20(26)24-17-9-13-19(29-2)14-10-17/h9-10,13-14,18H,3-8,11-12,15-16H2,1-2H3,(H,23,27)(H,24,26). The molecule has 3 amide bonds. The molecule has 160 valence electrons. The Kier molecular flexibility index (Phi) is 9.47. The molecule has 0 unspecified atom stereocenters. The number of benzene rings is 1. The highest BCUT2D eigenvalue weighted by molar-refractivity contribution is 5.95. The van der Waals surface area contributed by atoms with E-state index in [2.05, 4.69) is 17.6 Å². The molecule has 0 atom stereocenters. The molecule has 0 saturated heterocycles. The number of amides is 3. The number of hydrogen-bond donors (Lipinski definition) is 2. The number of nitrogens with one attached hydrogen (secondary N) is 2. The molecule has 1 aliphatic carbocycles. The molecule has 0 spiro atoms. The average Bonchev–Trinajstić information content (AvgIpc) is 3.56. The number of hydrogen-bond acceptors (Lipinski definition) is 4. The first-order chi connectivity index (χ1) is 14.0. The van der Waals surface area contributed by atoms with Crippen molar-refractivity contribution < 1.29 is 19.1 Å². The van der Waals surface area contributed by atoms with Gasteiger partial charge in [0.1, 0.15) is 5.75 Å². The number of anilines is 1. The number of unbranched alkanes of at least 4 members (excludes halogenated alkanes) is 4. The molecule has 0 heterocycles. The summed E-state index contributed by atoms with van der Waals surface area (Å²) < 4.78 is 5.07. The van der Waals surface area contributed by atoms with Crippen LogP contribution in [0.4, 0.5) is 5.69 Å². The Morgan fingerprint density at radius 1 is 1.03 bits per heavy atom. The van der Waals surface area contributed by atoms with Crippen LogP contribution in [0.5, 0.6) is 5.75 Å². The topological polar surface area (TPSA) is 87.7 Å². The second-order valence-corrected chi connectivity index (χ2v) is 7.47. The summed E-state index contributed by atoms with van der Waals surface area (Å²) in [6.45, 7) is 2.05. The third-order valence-electron chi connectivity index (χ3n) is 4.94. The van der Waals surface area contributed by atoms with Gasteiger partial charge < -0.3 is 20.3 Å². The van der Waals surface area contributed by atoms with Gasteiger partial charge in [0.05, 0.1) is 20.2 Å². The molecule has 0 aliphatic heterocycles. The van der Waals surface area contributed by atoms with Crippen molar-refractivity contribution in [2.24, 2.45) is 0 Å². The molecule has 29 heavy (non-hydrogen) atoms. The maximum Gasteiger partial charge on any atom is 0.243 e. The fourth-order valence-corrected chi connectivity index (χ4v) is 3.10. The number of methoxy groups -OCH3 is 1. The van der Waals surface area contributed by atoms with Crippen molar-refractivity contribution in [1.29, 1.82) is 0 Å². The van der Waals surface area contributed by atoms with Gasteiger partial charge in [0, 0.05) is 18.2 Å². The van der Waals surface area contributed by atoms with E-state index in [1.807, 2.05) is 0 Å². The smallest absolute Gasteiger partial charge is 0.243 e. The summed E-state index contributed by atoms with van der Waals surface area (Å²) in [6, 6.07) is 7.13. The van der Waals surface area contributed by atoms with Gasteiger partial charge in [-0.15, -0.1) is 0 Å². The lowest BCUT2D eigenvalue weighted by Gasteiger charge is -2.22. The summed E-state index contributed by atoms with van der Waals surface area (Å²) in [5.41, 5.74) is 0.628. The molecule has 1 saturated carbocycles. The first-order valence-corrected chi connectivity index (χ1v) is 10.5. The molecule has 2 rings (SSSR count). The van der Waals surface area contributed by atoms with E-state index in [0.717, 1.165) is 32.1 Å². The van der Waals surface area contributed by atoms with E-state index in [4.69, 9.17) is 4.74 Å². The third kappa shape index (κ3) is 8.54. The van der Waals surface area contributed by atoms with Crippen LogP contribution in [-0.4, -0.2) is 48.9 Å². The minimum atomic E-state index is -0.316. The van der Waals surface area contributed by atoms with E-state index in [1.54, 1.807) is 36.3 Å². The predicted molar refractivity (Wildman–Crippen MR) is 113 cm³/mol. The normalized spacial score (nSPS) is 12.9. The van der Waals surface area contributed by atoms with Crippen LogP contribution in [0.25, 0.3) is 0 Å². The molecule has 1 aromatic rings. The second-order valence-electron chi connectivity index (χ2n) is 7.47. The van der Waals surface area contributed by atoms with Crippen LogP contribution in [0, 0.1) is 0 Å². The van der Waals surface area contributed by atoms with Gasteiger partial charge in [-0.2, -0.15) is 0 Å². The maximum absolute atomic E-state index is 12.5. The minimum absolute atomic E-state index is 0.0221.